The van der Waals surface area contributed by atoms with Crippen LogP contribution in [-0.4, -0.2) is 31.4 Å². The summed E-state index contributed by atoms with van der Waals surface area (Å²) in [5, 5.41) is 0.261. The summed E-state index contributed by atoms with van der Waals surface area (Å²) in [6.45, 7) is 5.48. The van der Waals surface area contributed by atoms with Crippen LogP contribution in [-0.2, 0) is 4.79 Å². The molecule has 31 heavy (non-hydrogen) atoms. The van der Waals surface area contributed by atoms with Gasteiger partial charge in [0.2, 0.25) is 0 Å². The van der Waals surface area contributed by atoms with Crippen LogP contribution in [0.4, 0.5) is 0 Å². The summed E-state index contributed by atoms with van der Waals surface area (Å²) in [7, 11) is 1.59. The molecule has 0 radical (unpaired) electrons. The summed E-state index contributed by atoms with van der Waals surface area (Å²) in [5.41, 5.74) is 7.73. The highest BCUT2D eigenvalue weighted by Gasteiger charge is 2.19. The fraction of sp³-hybridized carbons (Fsp3) is 0.333. The number of thioether (sulfide) groups is 1. The van der Waals surface area contributed by atoms with Crippen molar-refractivity contribution in [2.45, 2.75) is 32.6 Å². The maximum absolute atomic E-state index is 11.8. The minimum absolute atomic E-state index is 0.261. The third-order valence-electron chi connectivity index (χ3n) is 5.00. The number of nitrogens with two attached hydrogens (primary N) is 1. The number of nitrogens with zero attached hydrogens (tertiary/aromatic N) is 1. The Bertz CT molecular complexity index is 970. The van der Waals surface area contributed by atoms with E-state index in [4.69, 9.17) is 19.9 Å². The Morgan fingerprint density at radius 3 is 2.48 bits per heavy atom. The predicted molar refractivity (Wildman–Crippen MR) is 126 cm³/mol. The van der Waals surface area contributed by atoms with Crippen LogP contribution in [0.1, 0.15) is 43.7 Å². The topological polar surface area (TPSA) is 83.1 Å². The van der Waals surface area contributed by atoms with E-state index in [0.717, 1.165) is 35.9 Å². The van der Waals surface area contributed by atoms with E-state index in [0.29, 0.717) is 35.5 Å². The molecule has 0 spiro atoms. The van der Waals surface area contributed by atoms with Gasteiger partial charge in [0.05, 0.1) is 25.2 Å². The lowest BCUT2D eigenvalue weighted by Gasteiger charge is -2.13. The van der Waals surface area contributed by atoms with Gasteiger partial charge < -0.3 is 19.9 Å². The van der Waals surface area contributed by atoms with Crippen LogP contribution >= 0.6 is 11.8 Å². The molecule has 0 fully saturated rings. The summed E-state index contributed by atoms with van der Waals surface area (Å²) < 4.78 is 17.1. The maximum Gasteiger partial charge on any atom is 0.286 e. The SMILES string of the molecule is CCC(C)c1ccc(OCCCOc2ccc(/C=C3/SC(N)=NC3=O)cc2OC)cc1. The molecule has 1 aliphatic rings. The van der Waals surface area contributed by atoms with Gasteiger partial charge in [-0.2, -0.15) is 4.99 Å². The van der Waals surface area contributed by atoms with E-state index < -0.39 is 0 Å². The van der Waals surface area contributed by atoms with Gasteiger partial charge in [-0.1, -0.05) is 32.0 Å². The molecule has 1 atom stereocenters. The molecule has 164 valence electrons. The van der Waals surface area contributed by atoms with E-state index in [1.807, 2.05) is 30.3 Å². The molecule has 6 nitrogen and oxygen atoms in total. The van der Waals surface area contributed by atoms with Gasteiger partial charge in [0.25, 0.3) is 5.91 Å². The second kappa shape index (κ2) is 10.9. The highest BCUT2D eigenvalue weighted by Crippen LogP contribution is 2.32. The first-order valence-corrected chi connectivity index (χ1v) is 11.1. The van der Waals surface area contributed by atoms with Gasteiger partial charge in [-0.05, 0) is 65.6 Å². The van der Waals surface area contributed by atoms with Crippen LogP contribution < -0.4 is 19.9 Å². The summed E-state index contributed by atoms with van der Waals surface area (Å²) in [5.74, 6) is 2.34. The summed E-state index contributed by atoms with van der Waals surface area (Å²) in [4.78, 5) is 15.9. The zero-order valence-electron chi connectivity index (χ0n) is 18.1. The summed E-state index contributed by atoms with van der Waals surface area (Å²) in [6, 6.07) is 13.8. The van der Waals surface area contributed by atoms with Crippen LogP contribution in [0.5, 0.6) is 17.2 Å². The van der Waals surface area contributed by atoms with Crippen LogP contribution in [0.3, 0.4) is 0 Å². The van der Waals surface area contributed by atoms with Gasteiger partial charge in [-0.25, -0.2) is 0 Å². The molecule has 3 rings (SSSR count). The Balaban J connectivity index is 1.48. The van der Waals surface area contributed by atoms with Gasteiger partial charge in [0.15, 0.2) is 16.7 Å². The molecule has 1 amide bonds. The van der Waals surface area contributed by atoms with E-state index in [9.17, 15) is 4.79 Å². The van der Waals surface area contributed by atoms with Crippen molar-refractivity contribution < 1.29 is 19.0 Å². The minimum atomic E-state index is -0.323. The first-order valence-electron chi connectivity index (χ1n) is 10.3. The minimum Gasteiger partial charge on any atom is -0.493 e. The Labute approximate surface area is 187 Å². The molecule has 0 bridgehead atoms. The number of amides is 1. The molecule has 7 heteroatoms. The highest BCUT2D eigenvalue weighted by atomic mass is 32.2. The average Bonchev–Trinajstić information content (AvgIpc) is 3.10. The third kappa shape index (κ3) is 6.28. The lowest BCUT2D eigenvalue weighted by atomic mass is 9.99. The largest absolute Gasteiger partial charge is 0.493 e. The molecule has 1 unspecified atom stereocenters. The number of benzene rings is 2. The van der Waals surface area contributed by atoms with Crippen molar-refractivity contribution >= 4 is 28.9 Å². The number of aliphatic imine (C=N–C) groups is 1. The zero-order valence-corrected chi connectivity index (χ0v) is 18.9. The molecule has 0 saturated heterocycles. The van der Waals surface area contributed by atoms with Gasteiger partial charge in [0.1, 0.15) is 5.75 Å². The van der Waals surface area contributed by atoms with Gasteiger partial charge in [-0.15, -0.1) is 0 Å². The molecule has 2 aromatic carbocycles. The predicted octanol–water partition coefficient (Wildman–Crippen LogP) is 4.99. The first-order chi connectivity index (χ1) is 15.0. The number of methoxy groups -OCH3 is 1. The second-order valence-electron chi connectivity index (χ2n) is 7.20. The quantitative estimate of drug-likeness (QED) is 0.414. The van der Waals surface area contributed by atoms with Crippen molar-refractivity contribution in [3.8, 4) is 17.2 Å². The third-order valence-corrected chi connectivity index (χ3v) is 5.81. The fourth-order valence-corrected chi connectivity index (χ4v) is 3.71. The lowest BCUT2D eigenvalue weighted by Crippen LogP contribution is -2.06. The number of ether oxygens (including phenoxy) is 3. The lowest BCUT2D eigenvalue weighted by molar-refractivity contribution is -0.113. The van der Waals surface area contributed by atoms with E-state index in [1.54, 1.807) is 13.2 Å². The average molecular weight is 441 g/mol. The number of carbonyl (C=O) groups is 1. The van der Waals surface area contributed by atoms with Crippen molar-refractivity contribution in [1.29, 1.82) is 0 Å². The van der Waals surface area contributed by atoms with E-state index in [2.05, 4.69) is 31.0 Å². The van der Waals surface area contributed by atoms with Gasteiger partial charge >= 0.3 is 0 Å². The molecule has 2 aromatic rings. The Hall–Kier alpha value is -2.93. The Morgan fingerprint density at radius 1 is 1.10 bits per heavy atom. The van der Waals surface area contributed by atoms with Crippen LogP contribution in [0.25, 0.3) is 6.08 Å². The van der Waals surface area contributed by atoms with E-state index in [-0.39, 0.29) is 11.1 Å². The van der Waals surface area contributed by atoms with Crippen molar-refractivity contribution in [3.05, 3.63) is 58.5 Å². The second-order valence-corrected chi connectivity index (χ2v) is 8.27. The monoisotopic (exact) mass is 440 g/mol. The van der Waals surface area contributed by atoms with E-state index >= 15 is 0 Å². The number of hydrogen-bond donors (Lipinski definition) is 1. The molecular formula is C24H28N2O4S. The smallest absolute Gasteiger partial charge is 0.286 e. The maximum atomic E-state index is 11.8. The molecule has 0 saturated carbocycles. The van der Waals surface area contributed by atoms with Crippen molar-refractivity contribution in [3.63, 3.8) is 0 Å². The summed E-state index contributed by atoms with van der Waals surface area (Å²) >= 11 is 1.16. The standard InChI is InChI=1S/C24H28N2O4S/c1-4-16(2)18-7-9-19(10-8-18)29-12-5-13-30-20-11-6-17(14-21(20)28-3)15-22-23(27)26-24(25)31-22/h6-11,14-16H,4-5,12-13H2,1-3H3,(H2,25,26,27)/b22-15+. The first kappa shape index (κ1) is 22.7. The van der Waals surface area contributed by atoms with Gasteiger partial charge in [0, 0.05) is 6.42 Å². The molecule has 0 aromatic heterocycles. The molecule has 1 heterocycles. The van der Waals surface area contributed by atoms with E-state index in [1.165, 1.54) is 5.56 Å². The molecule has 1 aliphatic heterocycles. The molecular weight excluding hydrogens is 412 g/mol. The number of carbonyl (C=O) groups excluding carboxylic acids is 1. The highest BCUT2D eigenvalue weighted by molar-refractivity contribution is 8.18. The summed E-state index contributed by atoms with van der Waals surface area (Å²) in [6.07, 6.45) is 3.60. The number of hydrogen-bond acceptors (Lipinski definition) is 6. The fourth-order valence-electron chi connectivity index (χ4n) is 3.03. The van der Waals surface area contributed by atoms with Gasteiger partial charge in [-0.3, -0.25) is 4.79 Å². The van der Waals surface area contributed by atoms with Crippen LogP contribution in [0.2, 0.25) is 0 Å². The van der Waals surface area contributed by atoms with Crippen molar-refractivity contribution in [2.24, 2.45) is 10.7 Å². The zero-order chi connectivity index (χ0) is 22.2. The number of rotatable bonds is 10. The van der Waals surface area contributed by atoms with Crippen molar-refractivity contribution in [1.82, 2.24) is 0 Å². The Kier molecular flexibility index (Phi) is 8.00. The van der Waals surface area contributed by atoms with Crippen molar-refractivity contribution in [2.75, 3.05) is 20.3 Å². The van der Waals surface area contributed by atoms with Crippen LogP contribution in [0, 0.1) is 0 Å². The van der Waals surface area contributed by atoms with Crippen LogP contribution in [0.15, 0.2) is 52.4 Å². The number of amidine groups is 1. The molecule has 2 N–H and O–H groups in total. The normalized spacial score (nSPS) is 15.6. The Morgan fingerprint density at radius 2 is 1.84 bits per heavy atom. The molecule has 0 aliphatic carbocycles.